The van der Waals surface area contributed by atoms with Crippen LogP contribution in [0.4, 0.5) is 5.82 Å². The standard InChI is InChI=1S/C18H24N4O2/c1-4-14-7-5-6-10-21(14)17-16(18(23)24)19-22(20-17)15-11-12(2)8-9-13(15)3/h8-9,11,14H,4-7,10H2,1-3H3,(H,23,24)/t14-/m0/s1. The van der Waals surface area contributed by atoms with Crippen molar-refractivity contribution in [3.05, 3.63) is 35.0 Å². The van der Waals surface area contributed by atoms with Crippen molar-refractivity contribution >= 4 is 11.8 Å². The van der Waals surface area contributed by atoms with Crippen LogP contribution in [0.15, 0.2) is 18.2 Å². The number of aryl methyl sites for hydroxylation is 2. The first kappa shape index (κ1) is 16.5. The van der Waals surface area contributed by atoms with E-state index in [9.17, 15) is 9.90 Å². The normalized spacial score (nSPS) is 18.0. The van der Waals surface area contributed by atoms with Crippen LogP contribution in [0.3, 0.4) is 0 Å². The maximum atomic E-state index is 11.7. The predicted octanol–water partition coefficient (Wildman–Crippen LogP) is 3.35. The average Bonchev–Trinajstić information content (AvgIpc) is 3.02. The van der Waals surface area contributed by atoms with E-state index in [1.807, 2.05) is 32.0 Å². The number of anilines is 1. The van der Waals surface area contributed by atoms with Crippen LogP contribution in [0.2, 0.25) is 0 Å². The molecule has 0 spiro atoms. The molecular formula is C18H24N4O2. The van der Waals surface area contributed by atoms with Gasteiger partial charge < -0.3 is 10.0 Å². The molecule has 128 valence electrons. The van der Waals surface area contributed by atoms with Gasteiger partial charge in [-0.15, -0.1) is 15.0 Å². The Morgan fingerprint density at radius 3 is 2.79 bits per heavy atom. The summed E-state index contributed by atoms with van der Waals surface area (Å²) >= 11 is 0. The molecule has 0 amide bonds. The van der Waals surface area contributed by atoms with Gasteiger partial charge in [-0.05, 0) is 56.7 Å². The van der Waals surface area contributed by atoms with E-state index in [0.717, 1.165) is 42.6 Å². The van der Waals surface area contributed by atoms with Gasteiger partial charge in [0, 0.05) is 12.6 Å². The zero-order valence-electron chi connectivity index (χ0n) is 14.5. The van der Waals surface area contributed by atoms with Crippen LogP contribution in [0.5, 0.6) is 0 Å². The molecule has 0 unspecified atom stereocenters. The Kier molecular flexibility index (Phi) is 4.55. The number of nitrogens with zero attached hydrogens (tertiary/aromatic N) is 4. The van der Waals surface area contributed by atoms with Crippen LogP contribution < -0.4 is 4.90 Å². The third kappa shape index (κ3) is 3.00. The van der Waals surface area contributed by atoms with Crippen LogP contribution in [-0.2, 0) is 0 Å². The first-order valence-electron chi connectivity index (χ1n) is 8.56. The van der Waals surface area contributed by atoms with Crippen LogP contribution in [0.1, 0.15) is 54.2 Å². The van der Waals surface area contributed by atoms with E-state index in [-0.39, 0.29) is 5.69 Å². The SMILES string of the molecule is CC[C@H]1CCCCN1c1nn(-c2cc(C)ccc2C)nc1C(=O)O. The van der Waals surface area contributed by atoms with E-state index < -0.39 is 5.97 Å². The summed E-state index contributed by atoms with van der Waals surface area (Å²) in [7, 11) is 0. The summed E-state index contributed by atoms with van der Waals surface area (Å²) in [5, 5.41) is 18.5. The van der Waals surface area contributed by atoms with E-state index in [2.05, 4.69) is 22.0 Å². The maximum absolute atomic E-state index is 11.7. The summed E-state index contributed by atoms with van der Waals surface area (Å²) in [6.45, 7) is 6.96. The molecule has 3 rings (SSSR count). The third-order valence-corrected chi connectivity index (χ3v) is 4.75. The largest absolute Gasteiger partial charge is 0.476 e. The van der Waals surface area contributed by atoms with Gasteiger partial charge in [-0.25, -0.2) is 4.79 Å². The van der Waals surface area contributed by atoms with E-state index in [1.165, 1.54) is 11.2 Å². The summed E-state index contributed by atoms with van der Waals surface area (Å²) in [6.07, 6.45) is 4.30. The van der Waals surface area contributed by atoms with Crippen molar-refractivity contribution in [3.8, 4) is 5.69 Å². The highest BCUT2D eigenvalue weighted by Gasteiger charge is 2.29. The Bertz CT molecular complexity index is 753. The second-order valence-electron chi connectivity index (χ2n) is 6.51. The van der Waals surface area contributed by atoms with E-state index in [1.54, 1.807) is 0 Å². The zero-order chi connectivity index (χ0) is 17.3. The number of hydrogen-bond donors (Lipinski definition) is 1. The first-order valence-corrected chi connectivity index (χ1v) is 8.56. The molecule has 6 heteroatoms. The molecule has 0 bridgehead atoms. The summed E-state index contributed by atoms with van der Waals surface area (Å²) in [6, 6.07) is 6.35. The molecule has 24 heavy (non-hydrogen) atoms. The van der Waals surface area contributed by atoms with Gasteiger partial charge >= 0.3 is 5.97 Å². The molecule has 1 aromatic heterocycles. The van der Waals surface area contributed by atoms with E-state index in [0.29, 0.717) is 11.9 Å². The van der Waals surface area contributed by atoms with Gasteiger partial charge in [0.05, 0.1) is 5.69 Å². The smallest absolute Gasteiger partial charge is 0.360 e. The molecule has 0 saturated carbocycles. The van der Waals surface area contributed by atoms with Gasteiger partial charge in [-0.2, -0.15) is 0 Å². The highest BCUT2D eigenvalue weighted by atomic mass is 16.4. The molecule has 2 heterocycles. The quantitative estimate of drug-likeness (QED) is 0.932. The van der Waals surface area contributed by atoms with Crippen molar-refractivity contribution in [2.45, 2.75) is 52.5 Å². The molecule has 0 aliphatic carbocycles. The third-order valence-electron chi connectivity index (χ3n) is 4.75. The molecule has 1 N–H and O–H groups in total. The number of aromatic carboxylic acids is 1. The Labute approximate surface area is 142 Å². The van der Waals surface area contributed by atoms with Gasteiger partial charge in [0.15, 0.2) is 5.82 Å². The minimum Gasteiger partial charge on any atom is -0.476 e. The molecule has 0 radical (unpaired) electrons. The number of hydrogen-bond acceptors (Lipinski definition) is 4. The van der Waals surface area contributed by atoms with Gasteiger partial charge in [0.2, 0.25) is 5.69 Å². The molecule has 1 aliphatic heterocycles. The number of piperidine rings is 1. The maximum Gasteiger partial charge on any atom is 0.360 e. The van der Waals surface area contributed by atoms with E-state index >= 15 is 0 Å². The monoisotopic (exact) mass is 328 g/mol. The fourth-order valence-corrected chi connectivity index (χ4v) is 3.38. The summed E-state index contributed by atoms with van der Waals surface area (Å²) in [4.78, 5) is 15.3. The van der Waals surface area contributed by atoms with Crippen molar-refractivity contribution in [2.24, 2.45) is 0 Å². The second kappa shape index (κ2) is 6.63. The second-order valence-corrected chi connectivity index (χ2v) is 6.51. The van der Waals surface area contributed by atoms with Crippen LogP contribution in [-0.4, -0.2) is 38.7 Å². The summed E-state index contributed by atoms with van der Waals surface area (Å²) < 4.78 is 0. The van der Waals surface area contributed by atoms with Crippen molar-refractivity contribution in [1.29, 1.82) is 0 Å². The predicted molar refractivity (Wildman–Crippen MR) is 93.1 cm³/mol. The minimum atomic E-state index is -1.03. The topological polar surface area (TPSA) is 71.2 Å². The van der Waals surface area contributed by atoms with Crippen molar-refractivity contribution < 1.29 is 9.90 Å². The van der Waals surface area contributed by atoms with E-state index in [4.69, 9.17) is 0 Å². The van der Waals surface area contributed by atoms with Gasteiger partial charge in [-0.1, -0.05) is 19.1 Å². The van der Waals surface area contributed by atoms with Crippen molar-refractivity contribution in [1.82, 2.24) is 15.0 Å². The molecule has 2 aromatic rings. The lowest BCUT2D eigenvalue weighted by molar-refractivity contribution is 0.0690. The Balaban J connectivity index is 2.08. The van der Waals surface area contributed by atoms with Crippen LogP contribution in [0.25, 0.3) is 5.69 Å². The van der Waals surface area contributed by atoms with Crippen LogP contribution in [0, 0.1) is 13.8 Å². The fraction of sp³-hybridized carbons (Fsp3) is 0.500. The van der Waals surface area contributed by atoms with Crippen molar-refractivity contribution in [3.63, 3.8) is 0 Å². The van der Waals surface area contributed by atoms with Gasteiger partial charge in [0.1, 0.15) is 0 Å². The lowest BCUT2D eigenvalue weighted by Gasteiger charge is -2.35. The first-order chi connectivity index (χ1) is 11.5. The number of carboxylic acid groups (broad SMARTS) is 1. The van der Waals surface area contributed by atoms with Gasteiger partial charge in [0.25, 0.3) is 0 Å². The molecule has 1 aromatic carbocycles. The number of carbonyl (C=O) groups is 1. The number of rotatable bonds is 4. The number of aromatic nitrogens is 3. The number of benzene rings is 1. The Morgan fingerprint density at radius 2 is 2.08 bits per heavy atom. The Morgan fingerprint density at radius 1 is 1.29 bits per heavy atom. The summed E-state index contributed by atoms with van der Waals surface area (Å²) in [5.74, 6) is -0.531. The number of carboxylic acids is 1. The highest BCUT2D eigenvalue weighted by molar-refractivity contribution is 5.91. The molecule has 1 fully saturated rings. The highest BCUT2D eigenvalue weighted by Crippen LogP contribution is 2.28. The summed E-state index contributed by atoms with van der Waals surface area (Å²) in [5.41, 5.74) is 2.98. The minimum absolute atomic E-state index is 0.0382. The molecule has 1 saturated heterocycles. The zero-order valence-corrected chi connectivity index (χ0v) is 14.5. The molecule has 1 atom stereocenters. The van der Waals surface area contributed by atoms with Gasteiger partial charge in [-0.3, -0.25) is 0 Å². The molecular weight excluding hydrogens is 304 g/mol. The molecule has 6 nitrogen and oxygen atoms in total. The fourth-order valence-electron chi connectivity index (χ4n) is 3.38. The average molecular weight is 328 g/mol. The lowest BCUT2D eigenvalue weighted by atomic mass is 10.00. The van der Waals surface area contributed by atoms with Crippen molar-refractivity contribution in [2.75, 3.05) is 11.4 Å². The lowest BCUT2D eigenvalue weighted by Crippen LogP contribution is -2.40. The Hall–Kier alpha value is -2.37. The molecule has 1 aliphatic rings. The van der Waals surface area contributed by atoms with Crippen LogP contribution >= 0.6 is 0 Å².